The Morgan fingerprint density at radius 2 is 2.35 bits per heavy atom. The van der Waals surface area contributed by atoms with Crippen LogP contribution in [0.15, 0.2) is 22.7 Å². The minimum atomic E-state index is -0.0219. The van der Waals surface area contributed by atoms with E-state index in [1.54, 1.807) is 0 Å². The molecule has 1 unspecified atom stereocenters. The van der Waals surface area contributed by atoms with Gasteiger partial charge in [0, 0.05) is 29.8 Å². The molecule has 0 aliphatic carbocycles. The van der Waals surface area contributed by atoms with Gasteiger partial charge in [-0.2, -0.15) is 0 Å². The predicted molar refractivity (Wildman–Crippen MR) is 76.7 cm³/mol. The van der Waals surface area contributed by atoms with Gasteiger partial charge in [-0.15, -0.1) is 0 Å². The zero-order valence-electron chi connectivity index (χ0n) is 9.84. The Hall–Kier alpha value is -0.290. The Balaban J connectivity index is 2.16. The van der Waals surface area contributed by atoms with Crippen LogP contribution in [0, 0.1) is 0 Å². The molecule has 0 amide bonds. The minimum Gasteiger partial charge on any atom is -0.377 e. The molecule has 0 radical (unpaired) electrons. The molecule has 3 N–H and O–H groups in total. The third kappa shape index (κ3) is 2.94. The molecule has 1 fully saturated rings. The first-order chi connectivity index (χ1) is 8.04. The quantitative estimate of drug-likeness (QED) is 0.900. The van der Waals surface area contributed by atoms with Gasteiger partial charge in [-0.05, 0) is 47.6 Å². The fourth-order valence-electron chi connectivity index (χ4n) is 2.28. The van der Waals surface area contributed by atoms with E-state index in [4.69, 9.17) is 17.3 Å². The minimum absolute atomic E-state index is 0.0219. The summed E-state index contributed by atoms with van der Waals surface area (Å²) < 4.78 is 0.912. The number of nitrogens with one attached hydrogen (secondary N) is 1. The van der Waals surface area contributed by atoms with E-state index in [-0.39, 0.29) is 5.54 Å². The second-order valence-corrected chi connectivity index (χ2v) is 5.99. The summed E-state index contributed by atoms with van der Waals surface area (Å²) in [5.74, 6) is 0. The van der Waals surface area contributed by atoms with Gasteiger partial charge in [-0.25, -0.2) is 0 Å². The van der Waals surface area contributed by atoms with Crippen LogP contribution in [0.3, 0.4) is 0 Å². The van der Waals surface area contributed by atoms with Crippen molar-refractivity contribution in [3.8, 4) is 0 Å². The first kappa shape index (κ1) is 13.1. The van der Waals surface area contributed by atoms with Gasteiger partial charge in [0.1, 0.15) is 0 Å². The molecule has 0 saturated carbocycles. The lowest BCUT2D eigenvalue weighted by atomic mass is 9.98. The Morgan fingerprint density at radius 3 is 2.88 bits per heavy atom. The maximum absolute atomic E-state index is 6.09. The highest BCUT2D eigenvalue weighted by molar-refractivity contribution is 9.10. The van der Waals surface area contributed by atoms with Crippen molar-refractivity contribution in [2.24, 2.45) is 5.73 Å². The second-order valence-electron chi connectivity index (χ2n) is 4.73. The first-order valence-electron chi connectivity index (χ1n) is 5.66. The Bertz CT molecular complexity index is 413. The van der Waals surface area contributed by atoms with Crippen LogP contribution in [0.1, 0.15) is 6.42 Å². The van der Waals surface area contributed by atoms with E-state index in [0.29, 0.717) is 11.6 Å². The molecule has 1 saturated heterocycles. The normalized spacial score (nSPS) is 25.2. The van der Waals surface area contributed by atoms with Crippen molar-refractivity contribution in [1.29, 1.82) is 0 Å². The van der Waals surface area contributed by atoms with E-state index in [1.165, 1.54) is 0 Å². The third-order valence-corrected chi connectivity index (χ3v) is 4.50. The summed E-state index contributed by atoms with van der Waals surface area (Å²) in [5, 5.41) is 4.25. The zero-order valence-corrected chi connectivity index (χ0v) is 12.2. The fraction of sp³-hybridized carbons (Fsp3) is 0.500. The predicted octanol–water partition coefficient (Wildman–Crippen LogP) is 2.55. The number of likely N-dealkylation sites (tertiary alicyclic amines) is 1. The summed E-state index contributed by atoms with van der Waals surface area (Å²) in [6.07, 6.45) is 1.06. The molecule has 1 aromatic carbocycles. The number of benzene rings is 1. The molecule has 2 rings (SSSR count). The monoisotopic (exact) mass is 317 g/mol. The second kappa shape index (κ2) is 5.14. The molecule has 1 aromatic rings. The van der Waals surface area contributed by atoms with Gasteiger partial charge in [0.25, 0.3) is 0 Å². The average molecular weight is 319 g/mol. The topological polar surface area (TPSA) is 41.3 Å². The molecule has 3 nitrogen and oxygen atoms in total. The van der Waals surface area contributed by atoms with E-state index >= 15 is 0 Å². The summed E-state index contributed by atoms with van der Waals surface area (Å²) in [6.45, 7) is 2.68. The van der Waals surface area contributed by atoms with E-state index in [2.05, 4.69) is 33.2 Å². The number of halogens is 2. The Labute approximate surface area is 115 Å². The Kier molecular flexibility index (Phi) is 3.98. The maximum atomic E-state index is 6.09. The highest BCUT2D eigenvalue weighted by atomic mass is 79.9. The van der Waals surface area contributed by atoms with E-state index in [1.807, 2.05) is 18.2 Å². The van der Waals surface area contributed by atoms with Crippen molar-refractivity contribution < 1.29 is 0 Å². The number of nitrogens with two attached hydrogens (primary N) is 1. The van der Waals surface area contributed by atoms with Crippen molar-refractivity contribution >= 4 is 33.2 Å². The molecule has 1 atom stereocenters. The Morgan fingerprint density at radius 1 is 1.59 bits per heavy atom. The lowest BCUT2D eigenvalue weighted by Crippen LogP contribution is -2.47. The SMILES string of the molecule is CN1CCC(CN)(Nc2ccc(Br)c(Cl)c2)C1. The van der Waals surface area contributed by atoms with Gasteiger partial charge in [0.05, 0.1) is 10.6 Å². The number of hydrogen-bond acceptors (Lipinski definition) is 3. The van der Waals surface area contributed by atoms with Crippen LogP contribution in [0.5, 0.6) is 0 Å². The molecule has 94 valence electrons. The molecular weight excluding hydrogens is 302 g/mol. The van der Waals surface area contributed by atoms with E-state index in [9.17, 15) is 0 Å². The molecule has 1 aliphatic heterocycles. The average Bonchev–Trinajstić information content (AvgIpc) is 2.66. The van der Waals surface area contributed by atoms with Gasteiger partial charge in [-0.1, -0.05) is 11.6 Å². The number of nitrogens with zero attached hydrogens (tertiary/aromatic N) is 1. The number of hydrogen-bond donors (Lipinski definition) is 2. The van der Waals surface area contributed by atoms with Crippen molar-refractivity contribution in [2.75, 3.05) is 32.0 Å². The molecule has 1 heterocycles. The van der Waals surface area contributed by atoms with Crippen LogP contribution in [-0.2, 0) is 0 Å². The summed E-state index contributed by atoms with van der Waals surface area (Å²) in [7, 11) is 2.12. The van der Waals surface area contributed by atoms with Crippen molar-refractivity contribution in [3.05, 3.63) is 27.7 Å². The number of anilines is 1. The lowest BCUT2D eigenvalue weighted by Gasteiger charge is -2.30. The molecule has 5 heteroatoms. The molecule has 1 aliphatic rings. The largest absolute Gasteiger partial charge is 0.377 e. The van der Waals surface area contributed by atoms with E-state index in [0.717, 1.165) is 29.7 Å². The molecule has 17 heavy (non-hydrogen) atoms. The standard InChI is InChI=1S/C12H17BrClN3/c1-17-5-4-12(7-15,8-17)16-9-2-3-10(13)11(14)6-9/h2-3,6,16H,4-5,7-8,15H2,1H3. The molecular formula is C12H17BrClN3. The van der Waals surface area contributed by atoms with Crippen LogP contribution >= 0.6 is 27.5 Å². The van der Waals surface area contributed by atoms with Gasteiger partial charge in [0.2, 0.25) is 0 Å². The third-order valence-electron chi connectivity index (χ3n) is 3.26. The summed E-state index contributed by atoms with van der Waals surface area (Å²) in [6, 6.07) is 5.90. The number of likely N-dealkylation sites (N-methyl/N-ethyl adjacent to an activating group) is 1. The molecule has 0 spiro atoms. The van der Waals surface area contributed by atoms with Crippen LogP contribution in [0.2, 0.25) is 5.02 Å². The highest BCUT2D eigenvalue weighted by Crippen LogP contribution is 2.29. The molecule has 0 bridgehead atoms. The smallest absolute Gasteiger partial charge is 0.0634 e. The van der Waals surface area contributed by atoms with Crippen molar-refractivity contribution in [1.82, 2.24) is 4.90 Å². The van der Waals surface area contributed by atoms with Crippen molar-refractivity contribution in [3.63, 3.8) is 0 Å². The summed E-state index contributed by atoms with van der Waals surface area (Å²) in [4.78, 5) is 2.29. The first-order valence-corrected chi connectivity index (χ1v) is 6.84. The summed E-state index contributed by atoms with van der Waals surface area (Å²) >= 11 is 9.48. The lowest BCUT2D eigenvalue weighted by molar-refractivity contribution is 0.385. The van der Waals surface area contributed by atoms with Gasteiger partial charge < -0.3 is 16.0 Å². The molecule has 0 aromatic heterocycles. The van der Waals surface area contributed by atoms with Gasteiger partial charge in [-0.3, -0.25) is 0 Å². The van der Waals surface area contributed by atoms with Crippen LogP contribution in [0.25, 0.3) is 0 Å². The fourth-order valence-corrected chi connectivity index (χ4v) is 2.71. The van der Waals surface area contributed by atoms with Gasteiger partial charge in [0.15, 0.2) is 0 Å². The van der Waals surface area contributed by atoms with Crippen molar-refractivity contribution in [2.45, 2.75) is 12.0 Å². The van der Waals surface area contributed by atoms with E-state index < -0.39 is 0 Å². The highest BCUT2D eigenvalue weighted by Gasteiger charge is 2.35. The van der Waals surface area contributed by atoms with Crippen LogP contribution in [-0.4, -0.2) is 37.1 Å². The van der Waals surface area contributed by atoms with Gasteiger partial charge >= 0.3 is 0 Å². The zero-order chi connectivity index (χ0) is 12.5. The van der Waals surface area contributed by atoms with Crippen LogP contribution < -0.4 is 11.1 Å². The van der Waals surface area contributed by atoms with Crippen LogP contribution in [0.4, 0.5) is 5.69 Å². The number of rotatable bonds is 3. The summed E-state index contributed by atoms with van der Waals surface area (Å²) in [5.41, 5.74) is 6.92. The maximum Gasteiger partial charge on any atom is 0.0634 e.